The minimum Gasteiger partial charge on any atom is -0.368 e. The highest BCUT2D eigenvalue weighted by Crippen LogP contribution is 2.28. The van der Waals surface area contributed by atoms with E-state index in [1.807, 2.05) is 49.4 Å². The van der Waals surface area contributed by atoms with E-state index < -0.39 is 0 Å². The minimum atomic E-state index is 0.507. The SMILES string of the molecule is Cc1ncn(-c2ccc(Nc3nccc(-c4ccc(C#N)c(N5CCN(C)CC5)c4)n3)cc2)n1. The topological polar surface area (TPSA) is 98.8 Å². The fourth-order valence-electron chi connectivity index (χ4n) is 3.97. The van der Waals surface area contributed by atoms with E-state index >= 15 is 0 Å². The first-order valence-corrected chi connectivity index (χ1v) is 11.2. The van der Waals surface area contributed by atoms with Crippen LogP contribution in [-0.2, 0) is 0 Å². The van der Waals surface area contributed by atoms with Crippen LogP contribution in [0.5, 0.6) is 0 Å². The van der Waals surface area contributed by atoms with Gasteiger partial charge in [-0.25, -0.2) is 19.6 Å². The quantitative estimate of drug-likeness (QED) is 0.493. The summed E-state index contributed by atoms with van der Waals surface area (Å²) in [5.41, 5.74) is 5.19. The average molecular weight is 452 g/mol. The second-order valence-electron chi connectivity index (χ2n) is 8.31. The lowest BCUT2D eigenvalue weighted by molar-refractivity contribution is 0.313. The van der Waals surface area contributed by atoms with Gasteiger partial charge in [0.2, 0.25) is 5.95 Å². The summed E-state index contributed by atoms with van der Waals surface area (Å²) in [5, 5.41) is 17.2. The van der Waals surface area contributed by atoms with Crippen molar-refractivity contribution >= 4 is 17.3 Å². The van der Waals surface area contributed by atoms with E-state index in [0.29, 0.717) is 11.5 Å². The van der Waals surface area contributed by atoms with Gasteiger partial charge in [-0.2, -0.15) is 10.4 Å². The molecule has 5 rings (SSSR count). The van der Waals surface area contributed by atoms with Crippen molar-refractivity contribution in [2.24, 2.45) is 0 Å². The summed E-state index contributed by atoms with van der Waals surface area (Å²) in [4.78, 5) is 17.8. The van der Waals surface area contributed by atoms with Crippen molar-refractivity contribution in [2.45, 2.75) is 6.92 Å². The van der Waals surface area contributed by atoms with Crippen LogP contribution in [0.4, 0.5) is 17.3 Å². The Kier molecular flexibility index (Phi) is 5.89. The summed E-state index contributed by atoms with van der Waals surface area (Å²) in [6.07, 6.45) is 3.43. The molecule has 1 aliphatic rings. The zero-order valence-electron chi connectivity index (χ0n) is 19.2. The number of hydrogen-bond donors (Lipinski definition) is 1. The lowest BCUT2D eigenvalue weighted by Gasteiger charge is -2.34. The van der Waals surface area contributed by atoms with Crippen LogP contribution in [0.25, 0.3) is 16.9 Å². The van der Waals surface area contributed by atoms with Gasteiger partial charge in [-0.1, -0.05) is 6.07 Å². The van der Waals surface area contributed by atoms with Crippen LogP contribution < -0.4 is 10.2 Å². The predicted molar refractivity (Wildman–Crippen MR) is 131 cm³/mol. The van der Waals surface area contributed by atoms with E-state index in [-0.39, 0.29) is 0 Å². The molecule has 170 valence electrons. The van der Waals surface area contributed by atoms with Gasteiger partial charge < -0.3 is 15.1 Å². The summed E-state index contributed by atoms with van der Waals surface area (Å²) >= 11 is 0. The van der Waals surface area contributed by atoms with Crippen molar-refractivity contribution < 1.29 is 0 Å². The molecule has 0 unspecified atom stereocenters. The van der Waals surface area contributed by atoms with E-state index in [2.05, 4.69) is 49.4 Å². The molecule has 1 fully saturated rings. The molecule has 0 atom stereocenters. The van der Waals surface area contributed by atoms with E-state index in [9.17, 15) is 5.26 Å². The molecule has 9 heteroatoms. The third kappa shape index (κ3) is 4.58. The van der Waals surface area contributed by atoms with Gasteiger partial charge in [0, 0.05) is 43.6 Å². The maximum atomic E-state index is 9.63. The molecule has 34 heavy (non-hydrogen) atoms. The summed E-state index contributed by atoms with van der Waals surface area (Å²) in [7, 11) is 2.12. The van der Waals surface area contributed by atoms with Crippen molar-refractivity contribution in [3.63, 3.8) is 0 Å². The normalized spacial score (nSPS) is 14.1. The van der Waals surface area contributed by atoms with Crippen molar-refractivity contribution in [3.05, 3.63) is 72.4 Å². The molecule has 2 aromatic heterocycles. The van der Waals surface area contributed by atoms with Gasteiger partial charge >= 0.3 is 0 Å². The maximum absolute atomic E-state index is 9.63. The van der Waals surface area contributed by atoms with Crippen LogP contribution in [0.15, 0.2) is 61.1 Å². The van der Waals surface area contributed by atoms with Gasteiger partial charge in [-0.3, -0.25) is 0 Å². The zero-order valence-corrected chi connectivity index (χ0v) is 19.2. The molecular formula is C25H25N9. The number of anilines is 3. The summed E-state index contributed by atoms with van der Waals surface area (Å²) < 4.78 is 1.74. The van der Waals surface area contributed by atoms with Crippen LogP contribution in [0, 0.1) is 18.3 Å². The molecule has 0 radical (unpaired) electrons. The number of nitrogens with zero attached hydrogens (tertiary/aromatic N) is 8. The molecule has 9 nitrogen and oxygen atoms in total. The summed E-state index contributed by atoms with van der Waals surface area (Å²) in [6, 6.07) is 17.9. The molecule has 3 heterocycles. The van der Waals surface area contributed by atoms with Gasteiger partial charge in [-0.15, -0.1) is 0 Å². The van der Waals surface area contributed by atoms with E-state index in [0.717, 1.165) is 60.3 Å². The van der Waals surface area contributed by atoms with E-state index in [1.54, 1.807) is 17.2 Å². The fourth-order valence-corrected chi connectivity index (χ4v) is 3.97. The highest BCUT2D eigenvalue weighted by atomic mass is 15.3. The lowest BCUT2D eigenvalue weighted by atomic mass is 10.1. The predicted octanol–water partition coefficient (Wildman–Crippen LogP) is 3.40. The number of nitrogens with one attached hydrogen (secondary N) is 1. The number of piperazine rings is 1. The number of hydrogen-bond acceptors (Lipinski definition) is 8. The first kappa shape index (κ1) is 21.6. The Morgan fingerprint density at radius 2 is 1.76 bits per heavy atom. The van der Waals surface area contributed by atoms with Gasteiger partial charge in [0.15, 0.2) is 0 Å². The van der Waals surface area contributed by atoms with Crippen molar-refractivity contribution in [3.8, 4) is 23.0 Å². The Morgan fingerprint density at radius 3 is 2.47 bits per heavy atom. The van der Waals surface area contributed by atoms with Crippen LogP contribution in [0.3, 0.4) is 0 Å². The molecule has 1 aliphatic heterocycles. The number of aryl methyl sites for hydroxylation is 1. The summed E-state index contributed by atoms with van der Waals surface area (Å²) in [5.74, 6) is 1.23. The number of aromatic nitrogens is 5. The molecule has 0 spiro atoms. The van der Waals surface area contributed by atoms with E-state index in [4.69, 9.17) is 4.98 Å². The molecule has 1 N–H and O–H groups in total. The molecule has 4 aromatic rings. The highest BCUT2D eigenvalue weighted by molar-refractivity contribution is 5.71. The maximum Gasteiger partial charge on any atom is 0.227 e. The van der Waals surface area contributed by atoms with Gasteiger partial charge in [-0.05, 0) is 56.4 Å². The van der Waals surface area contributed by atoms with Crippen LogP contribution in [0.2, 0.25) is 0 Å². The largest absolute Gasteiger partial charge is 0.368 e. The minimum absolute atomic E-state index is 0.507. The molecule has 2 aromatic carbocycles. The lowest BCUT2D eigenvalue weighted by Crippen LogP contribution is -2.44. The van der Waals surface area contributed by atoms with Gasteiger partial charge in [0.1, 0.15) is 18.2 Å². The Labute approximate surface area is 198 Å². The smallest absolute Gasteiger partial charge is 0.227 e. The standard InChI is InChI=1S/C25H25N9/c1-18-28-17-34(31-18)22-7-5-21(6-8-22)29-25-27-10-9-23(30-25)19-3-4-20(16-26)24(15-19)33-13-11-32(2)12-14-33/h3-10,15,17H,11-14H2,1-2H3,(H,27,29,30). The molecule has 0 amide bonds. The zero-order chi connectivity index (χ0) is 23.5. The average Bonchev–Trinajstić information content (AvgIpc) is 3.31. The second-order valence-corrected chi connectivity index (χ2v) is 8.31. The molecule has 0 saturated carbocycles. The second kappa shape index (κ2) is 9.29. The Hall–Kier alpha value is -4.29. The molecule has 0 bridgehead atoms. The van der Waals surface area contributed by atoms with Crippen molar-refractivity contribution in [1.29, 1.82) is 5.26 Å². The Balaban J connectivity index is 1.37. The Bertz CT molecular complexity index is 1330. The van der Waals surface area contributed by atoms with Crippen molar-refractivity contribution in [2.75, 3.05) is 43.4 Å². The Morgan fingerprint density at radius 1 is 0.971 bits per heavy atom. The third-order valence-electron chi connectivity index (χ3n) is 5.91. The highest BCUT2D eigenvalue weighted by Gasteiger charge is 2.18. The first-order valence-electron chi connectivity index (χ1n) is 11.2. The number of nitriles is 1. The number of benzene rings is 2. The van der Waals surface area contributed by atoms with Crippen LogP contribution in [0.1, 0.15) is 11.4 Å². The van der Waals surface area contributed by atoms with Crippen LogP contribution in [-0.4, -0.2) is 62.9 Å². The molecule has 0 aliphatic carbocycles. The van der Waals surface area contributed by atoms with Crippen molar-refractivity contribution in [1.82, 2.24) is 29.6 Å². The van der Waals surface area contributed by atoms with E-state index in [1.165, 1.54) is 0 Å². The summed E-state index contributed by atoms with van der Waals surface area (Å²) in [6.45, 7) is 5.61. The molecule has 1 saturated heterocycles. The fraction of sp³-hybridized carbons (Fsp3) is 0.240. The number of likely N-dealkylation sites (N-methyl/N-ethyl adjacent to an activating group) is 1. The number of rotatable bonds is 5. The third-order valence-corrected chi connectivity index (χ3v) is 5.91. The van der Waals surface area contributed by atoms with Gasteiger partial charge in [0.25, 0.3) is 0 Å². The van der Waals surface area contributed by atoms with Crippen LogP contribution >= 0.6 is 0 Å². The first-order chi connectivity index (χ1) is 16.6. The monoisotopic (exact) mass is 451 g/mol. The molecular weight excluding hydrogens is 426 g/mol. The van der Waals surface area contributed by atoms with Gasteiger partial charge in [0.05, 0.1) is 22.6 Å².